The number of hydrogen-bond acceptors (Lipinski definition) is 3. The van der Waals surface area contributed by atoms with E-state index in [1.54, 1.807) is 0 Å². The Kier molecular flexibility index (Phi) is 5.22. The molecule has 3 nitrogen and oxygen atoms in total. The Balaban J connectivity index is 3.45. The summed E-state index contributed by atoms with van der Waals surface area (Å²) < 4.78 is 4.30. The second-order valence-corrected chi connectivity index (χ2v) is 2.14. The molecule has 0 aliphatic carbocycles. The number of unbranched alkanes of at least 4 members (excludes halogenated alkanes) is 1. The van der Waals surface area contributed by atoms with Crippen molar-refractivity contribution in [1.29, 1.82) is 0 Å². The summed E-state index contributed by atoms with van der Waals surface area (Å²) in [5.74, 6) is 1.82. The van der Waals surface area contributed by atoms with E-state index in [0.717, 1.165) is 0 Å². The summed E-state index contributed by atoms with van der Waals surface area (Å²) >= 11 is 0. The molecule has 3 heteroatoms. The Bertz CT molecular complexity index is 157. The highest BCUT2D eigenvalue weighted by atomic mass is 16.5. The van der Waals surface area contributed by atoms with Gasteiger partial charge in [0, 0.05) is 6.42 Å². The largest absolute Gasteiger partial charge is 0.467 e. The lowest BCUT2D eigenvalue weighted by atomic mass is 10.1. The standard InChI is InChI=1S/C8H12O3/c1-3-4-5-6-7(9)8(10)11-2/h1,7,9H,4-6H2,2H3. The van der Waals surface area contributed by atoms with Crippen molar-refractivity contribution < 1.29 is 14.6 Å². The topological polar surface area (TPSA) is 46.5 Å². The van der Waals surface area contributed by atoms with E-state index in [-0.39, 0.29) is 0 Å². The molecule has 0 aromatic carbocycles. The predicted octanol–water partition coefficient (Wildman–Crippen LogP) is 0.324. The van der Waals surface area contributed by atoms with E-state index in [0.29, 0.717) is 19.3 Å². The van der Waals surface area contributed by atoms with Crippen LogP contribution in [0.15, 0.2) is 0 Å². The van der Waals surface area contributed by atoms with E-state index in [1.807, 2.05) is 0 Å². The number of aliphatic hydroxyl groups excluding tert-OH is 1. The molecule has 0 rings (SSSR count). The number of rotatable bonds is 4. The minimum absolute atomic E-state index is 0.372. The smallest absolute Gasteiger partial charge is 0.334 e. The Hall–Kier alpha value is -1.01. The van der Waals surface area contributed by atoms with Gasteiger partial charge in [-0.1, -0.05) is 0 Å². The highest BCUT2D eigenvalue weighted by molar-refractivity contribution is 5.74. The van der Waals surface area contributed by atoms with Crippen LogP contribution < -0.4 is 0 Å². The van der Waals surface area contributed by atoms with Crippen LogP contribution >= 0.6 is 0 Å². The number of terminal acetylenes is 1. The zero-order valence-corrected chi connectivity index (χ0v) is 6.54. The van der Waals surface area contributed by atoms with E-state index < -0.39 is 12.1 Å². The molecular weight excluding hydrogens is 144 g/mol. The molecule has 1 N–H and O–H groups in total. The van der Waals surface area contributed by atoms with Gasteiger partial charge >= 0.3 is 5.97 Å². The molecule has 0 aliphatic heterocycles. The van der Waals surface area contributed by atoms with Gasteiger partial charge in [-0.2, -0.15) is 0 Å². The zero-order valence-electron chi connectivity index (χ0n) is 6.54. The van der Waals surface area contributed by atoms with Crippen LogP contribution in [-0.4, -0.2) is 24.3 Å². The van der Waals surface area contributed by atoms with Gasteiger partial charge in [0.15, 0.2) is 6.10 Å². The van der Waals surface area contributed by atoms with Crippen LogP contribution in [0, 0.1) is 12.3 Å². The van der Waals surface area contributed by atoms with E-state index in [9.17, 15) is 4.79 Å². The second-order valence-electron chi connectivity index (χ2n) is 2.14. The number of ether oxygens (including phenoxy) is 1. The molecule has 0 fully saturated rings. The van der Waals surface area contributed by atoms with Crippen molar-refractivity contribution in [3.63, 3.8) is 0 Å². The van der Waals surface area contributed by atoms with Crippen molar-refractivity contribution in [1.82, 2.24) is 0 Å². The maximum atomic E-state index is 10.6. The van der Waals surface area contributed by atoms with Gasteiger partial charge in [-0.3, -0.25) is 0 Å². The van der Waals surface area contributed by atoms with Crippen molar-refractivity contribution in [3.05, 3.63) is 0 Å². The Morgan fingerprint density at radius 2 is 2.45 bits per heavy atom. The zero-order chi connectivity index (χ0) is 8.69. The summed E-state index contributed by atoms with van der Waals surface area (Å²) in [4.78, 5) is 10.6. The number of carbonyl (C=O) groups excluding carboxylic acids is 1. The summed E-state index contributed by atoms with van der Waals surface area (Å²) in [6, 6.07) is 0. The fourth-order valence-corrected chi connectivity index (χ4v) is 0.651. The molecule has 1 unspecified atom stereocenters. The molecule has 62 valence electrons. The summed E-state index contributed by atoms with van der Waals surface area (Å²) in [5.41, 5.74) is 0. The highest BCUT2D eigenvalue weighted by Crippen LogP contribution is 2.00. The molecule has 0 amide bonds. The maximum absolute atomic E-state index is 10.6. The van der Waals surface area contributed by atoms with E-state index >= 15 is 0 Å². The third kappa shape index (κ3) is 4.40. The summed E-state index contributed by atoms with van der Waals surface area (Å²) in [6.45, 7) is 0. The SMILES string of the molecule is C#CCCCC(O)C(=O)OC. The predicted molar refractivity (Wildman–Crippen MR) is 40.7 cm³/mol. The molecule has 0 saturated heterocycles. The first-order valence-electron chi connectivity index (χ1n) is 3.41. The van der Waals surface area contributed by atoms with Crippen LogP contribution in [0.1, 0.15) is 19.3 Å². The van der Waals surface area contributed by atoms with Crippen molar-refractivity contribution in [2.45, 2.75) is 25.4 Å². The number of esters is 1. The minimum Gasteiger partial charge on any atom is -0.467 e. The quantitative estimate of drug-likeness (QED) is 0.362. The lowest BCUT2D eigenvalue weighted by Crippen LogP contribution is -2.21. The van der Waals surface area contributed by atoms with Crippen LogP contribution in [0.3, 0.4) is 0 Å². The van der Waals surface area contributed by atoms with Gasteiger partial charge in [-0.25, -0.2) is 4.79 Å². The lowest BCUT2D eigenvalue weighted by molar-refractivity contribution is -0.150. The lowest BCUT2D eigenvalue weighted by Gasteiger charge is -2.05. The summed E-state index contributed by atoms with van der Waals surface area (Å²) in [7, 11) is 1.24. The molecule has 0 bridgehead atoms. The molecular formula is C8H12O3. The normalized spacial score (nSPS) is 11.7. The van der Waals surface area contributed by atoms with Gasteiger partial charge in [0.25, 0.3) is 0 Å². The fraction of sp³-hybridized carbons (Fsp3) is 0.625. The molecule has 0 radical (unpaired) electrons. The summed E-state index contributed by atoms with van der Waals surface area (Å²) in [6.07, 6.45) is 5.55. The second kappa shape index (κ2) is 5.75. The Morgan fingerprint density at radius 3 is 2.91 bits per heavy atom. The van der Waals surface area contributed by atoms with E-state index in [2.05, 4.69) is 10.7 Å². The monoisotopic (exact) mass is 156 g/mol. The van der Waals surface area contributed by atoms with Crippen molar-refractivity contribution >= 4 is 5.97 Å². The number of methoxy groups -OCH3 is 1. The van der Waals surface area contributed by atoms with Gasteiger partial charge in [0.2, 0.25) is 0 Å². The maximum Gasteiger partial charge on any atom is 0.334 e. The van der Waals surface area contributed by atoms with Crippen LogP contribution in [-0.2, 0) is 9.53 Å². The number of carbonyl (C=O) groups is 1. The first-order valence-corrected chi connectivity index (χ1v) is 3.41. The van der Waals surface area contributed by atoms with Crippen molar-refractivity contribution in [2.24, 2.45) is 0 Å². The van der Waals surface area contributed by atoms with Gasteiger partial charge in [-0.15, -0.1) is 12.3 Å². The molecule has 0 aromatic rings. The van der Waals surface area contributed by atoms with Crippen LogP contribution in [0.5, 0.6) is 0 Å². The van der Waals surface area contributed by atoms with Gasteiger partial charge < -0.3 is 9.84 Å². The number of aliphatic hydroxyl groups is 1. The minimum atomic E-state index is -1.02. The highest BCUT2D eigenvalue weighted by Gasteiger charge is 2.13. The molecule has 0 aromatic heterocycles. The Morgan fingerprint density at radius 1 is 1.82 bits per heavy atom. The average molecular weight is 156 g/mol. The molecule has 11 heavy (non-hydrogen) atoms. The number of hydrogen-bond donors (Lipinski definition) is 1. The molecule has 1 atom stereocenters. The first-order chi connectivity index (χ1) is 5.22. The average Bonchev–Trinajstić information content (AvgIpc) is 2.03. The molecule has 0 heterocycles. The summed E-state index contributed by atoms with van der Waals surface area (Å²) in [5, 5.41) is 9.00. The van der Waals surface area contributed by atoms with E-state index in [1.165, 1.54) is 7.11 Å². The van der Waals surface area contributed by atoms with Gasteiger partial charge in [-0.05, 0) is 12.8 Å². The van der Waals surface area contributed by atoms with Gasteiger partial charge in [0.05, 0.1) is 7.11 Å². The molecule has 0 aliphatic rings. The van der Waals surface area contributed by atoms with E-state index in [4.69, 9.17) is 11.5 Å². The van der Waals surface area contributed by atoms with Crippen LogP contribution in [0.2, 0.25) is 0 Å². The first kappa shape index (κ1) is 9.99. The van der Waals surface area contributed by atoms with Crippen molar-refractivity contribution in [3.8, 4) is 12.3 Å². The fourth-order valence-electron chi connectivity index (χ4n) is 0.651. The Labute approximate surface area is 66.4 Å². The third-order valence-electron chi connectivity index (χ3n) is 1.27. The third-order valence-corrected chi connectivity index (χ3v) is 1.27. The molecule has 0 saturated carbocycles. The van der Waals surface area contributed by atoms with Gasteiger partial charge in [0.1, 0.15) is 0 Å². The van der Waals surface area contributed by atoms with Crippen LogP contribution in [0.4, 0.5) is 0 Å². The molecule has 0 spiro atoms. The van der Waals surface area contributed by atoms with Crippen LogP contribution in [0.25, 0.3) is 0 Å². The van der Waals surface area contributed by atoms with Crippen molar-refractivity contribution in [2.75, 3.05) is 7.11 Å².